The molecule has 1 amide bonds. The fourth-order valence-corrected chi connectivity index (χ4v) is 2.51. The average Bonchev–Trinajstić information content (AvgIpc) is 3.15. The number of carbonyl (C=O) groups is 1. The number of hydrogen-bond acceptors (Lipinski definition) is 5. The molecule has 21 heavy (non-hydrogen) atoms. The van der Waals surface area contributed by atoms with Gasteiger partial charge >= 0.3 is 0 Å². The van der Waals surface area contributed by atoms with Crippen molar-refractivity contribution in [3.8, 4) is 0 Å². The molecule has 0 radical (unpaired) electrons. The number of nitrogens with zero attached hydrogens (tertiary/aromatic N) is 4. The maximum atomic E-state index is 10.9. The number of carbonyl (C=O) groups excluding carboxylic acids is 1. The van der Waals surface area contributed by atoms with E-state index < -0.39 is 0 Å². The Hall–Kier alpha value is -2.44. The van der Waals surface area contributed by atoms with Crippen molar-refractivity contribution < 1.29 is 4.79 Å². The van der Waals surface area contributed by atoms with Gasteiger partial charge in [0.2, 0.25) is 11.9 Å². The first kappa shape index (κ1) is 13.5. The van der Waals surface area contributed by atoms with E-state index in [4.69, 9.17) is 0 Å². The molecule has 3 heterocycles. The SMILES string of the molecule is CC(=O)NCc1cnc(C2CCN(c3ncccn3)C2)[nH]1. The molecule has 0 bridgehead atoms. The van der Waals surface area contributed by atoms with Crippen LogP contribution in [0.4, 0.5) is 5.95 Å². The topological polar surface area (TPSA) is 86.8 Å². The van der Waals surface area contributed by atoms with Gasteiger partial charge in [-0.1, -0.05) is 0 Å². The first-order chi connectivity index (χ1) is 10.2. The van der Waals surface area contributed by atoms with Crippen LogP contribution in [0.3, 0.4) is 0 Å². The first-order valence-electron chi connectivity index (χ1n) is 7.02. The number of imidazole rings is 1. The number of anilines is 1. The third-order valence-electron chi connectivity index (χ3n) is 3.59. The Morgan fingerprint density at radius 1 is 1.43 bits per heavy atom. The molecule has 110 valence electrons. The maximum absolute atomic E-state index is 10.9. The minimum absolute atomic E-state index is 0.0422. The van der Waals surface area contributed by atoms with E-state index in [-0.39, 0.29) is 5.91 Å². The zero-order valence-corrected chi connectivity index (χ0v) is 11.9. The van der Waals surface area contributed by atoms with Crippen LogP contribution in [-0.2, 0) is 11.3 Å². The Bertz CT molecular complexity index is 611. The van der Waals surface area contributed by atoms with Crippen molar-refractivity contribution in [3.05, 3.63) is 36.2 Å². The number of aromatic amines is 1. The summed E-state index contributed by atoms with van der Waals surface area (Å²) < 4.78 is 0. The summed E-state index contributed by atoms with van der Waals surface area (Å²) in [6.07, 6.45) is 6.32. The van der Waals surface area contributed by atoms with Gasteiger partial charge in [0.15, 0.2) is 0 Å². The number of hydrogen-bond donors (Lipinski definition) is 2. The quantitative estimate of drug-likeness (QED) is 0.869. The predicted molar refractivity (Wildman–Crippen MR) is 77.7 cm³/mol. The standard InChI is InChI=1S/C14H18N6O/c1-10(21)17-7-12-8-18-13(19-12)11-3-6-20(9-11)14-15-4-2-5-16-14/h2,4-5,8,11H,3,6-7,9H2,1H3,(H,17,21)(H,18,19). The lowest BCUT2D eigenvalue weighted by atomic mass is 10.1. The second-order valence-electron chi connectivity index (χ2n) is 5.18. The minimum atomic E-state index is -0.0422. The number of aromatic nitrogens is 4. The second kappa shape index (κ2) is 5.90. The van der Waals surface area contributed by atoms with Gasteiger partial charge in [-0.3, -0.25) is 4.79 Å². The van der Waals surface area contributed by atoms with E-state index in [0.717, 1.165) is 37.0 Å². The summed E-state index contributed by atoms with van der Waals surface area (Å²) in [5.74, 6) is 2.04. The lowest BCUT2D eigenvalue weighted by Gasteiger charge is -2.14. The number of amides is 1. The molecule has 1 fully saturated rings. The van der Waals surface area contributed by atoms with Gasteiger partial charge in [0.05, 0.1) is 18.4 Å². The lowest BCUT2D eigenvalue weighted by molar-refractivity contribution is -0.119. The zero-order chi connectivity index (χ0) is 14.7. The van der Waals surface area contributed by atoms with Crippen LogP contribution in [0.2, 0.25) is 0 Å². The number of H-pyrrole nitrogens is 1. The van der Waals surface area contributed by atoms with Crippen LogP contribution < -0.4 is 10.2 Å². The van der Waals surface area contributed by atoms with Crippen LogP contribution in [0.15, 0.2) is 24.7 Å². The Kier molecular flexibility index (Phi) is 3.81. The molecule has 1 aliphatic rings. The molecule has 3 rings (SSSR count). The molecule has 0 aromatic carbocycles. The summed E-state index contributed by atoms with van der Waals surface area (Å²) in [7, 11) is 0. The third-order valence-corrected chi connectivity index (χ3v) is 3.59. The summed E-state index contributed by atoms with van der Waals surface area (Å²) in [5.41, 5.74) is 0.926. The highest BCUT2D eigenvalue weighted by atomic mass is 16.1. The van der Waals surface area contributed by atoms with Gasteiger partial charge in [-0.2, -0.15) is 0 Å². The summed E-state index contributed by atoms with van der Waals surface area (Å²) in [6, 6.07) is 1.82. The molecule has 1 aliphatic heterocycles. The lowest BCUT2D eigenvalue weighted by Crippen LogP contribution is -2.21. The molecular weight excluding hydrogens is 268 g/mol. The molecule has 1 atom stereocenters. The minimum Gasteiger partial charge on any atom is -0.351 e. The molecule has 0 aliphatic carbocycles. The number of rotatable bonds is 4. The van der Waals surface area contributed by atoms with Gasteiger partial charge in [0.25, 0.3) is 0 Å². The van der Waals surface area contributed by atoms with E-state index in [9.17, 15) is 4.79 Å². The van der Waals surface area contributed by atoms with Crippen molar-refractivity contribution >= 4 is 11.9 Å². The Labute approximate surface area is 122 Å². The summed E-state index contributed by atoms with van der Waals surface area (Å²) in [6.45, 7) is 3.78. The number of nitrogens with one attached hydrogen (secondary N) is 2. The van der Waals surface area contributed by atoms with Crippen molar-refractivity contribution in [2.75, 3.05) is 18.0 Å². The molecule has 1 unspecified atom stereocenters. The molecule has 2 aromatic rings. The van der Waals surface area contributed by atoms with Crippen molar-refractivity contribution in [2.24, 2.45) is 0 Å². The van der Waals surface area contributed by atoms with E-state index in [1.807, 2.05) is 6.07 Å². The van der Waals surface area contributed by atoms with Gasteiger partial charge in [0, 0.05) is 38.3 Å². The maximum Gasteiger partial charge on any atom is 0.225 e. The molecule has 1 saturated heterocycles. The van der Waals surface area contributed by atoms with E-state index in [1.165, 1.54) is 6.92 Å². The fourth-order valence-electron chi connectivity index (χ4n) is 2.51. The fraction of sp³-hybridized carbons (Fsp3) is 0.429. The van der Waals surface area contributed by atoms with Gasteiger partial charge in [-0.15, -0.1) is 0 Å². The molecular formula is C14H18N6O. The Morgan fingerprint density at radius 3 is 3.00 bits per heavy atom. The van der Waals surface area contributed by atoms with E-state index in [1.54, 1.807) is 18.6 Å². The van der Waals surface area contributed by atoms with E-state index in [2.05, 4.69) is 30.2 Å². The van der Waals surface area contributed by atoms with Crippen molar-refractivity contribution in [3.63, 3.8) is 0 Å². The second-order valence-corrected chi connectivity index (χ2v) is 5.18. The smallest absolute Gasteiger partial charge is 0.225 e. The van der Waals surface area contributed by atoms with E-state index in [0.29, 0.717) is 12.5 Å². The highest BCUT2D eigenvalue weighted by molar-refractivity contribution is 5.72. The molecule has 7 nitrogen and oxygen atoms in total. The normalized spacial score (nSPS) is 18.0. The molecule has 7 heteroatoms. The average molecular weight is 286 g/mol. The molecule has 2 aromatic heterocycles. The largest absolute Gasteiger partial charge is 0.351 e. The van der Waals surface area contributed by atoms with Gasteiger partial charge < -0.3 is 15.2 Å². The van der Waals surface area contributed by atoms with Crippen LogP contribution in [0.25, 0.3) is 0 Å². The van der Waals surface area contributed by atoms with Crippen LogP contribution >= 0.6 is 0 Å². The van der Waals surface area contributed by atoms with Crippen LogP contribution in [0.1, 0.15) is 30.8 Å². The van der Waals surface area contributed by atoms with Crippen molar-refractivity contribution in [1.82, 2.24) is 25.3 Å². The van der Waals surface area contributed by atoms with Gasteiger partial charge in [0.1, 0.15) is 5.82 Å². The molecule has 0 spiro atoms. The highest BCUT2D eigenvalue weighted by Gasteiger charge is 2.27. The summed E-state index contributed by atoms with van der Waals surface area (Å²) in [4.78, 5) is 29.4. The van der Waals surface area contributed by atoms with Crippen LogP contribution in [-0.4, -0.2) is 38.9 Å². The predicted octanol–water partition coefficient (Wildman–Crippen LogP) is 0.830. The van der Waals surface area contributed by atoms with E-state index >= 15 is 0 Å². The summed E-state index contributed by atoms with van der Waals surface area (Å²) in [5, 5.41) is 2.76. The Morgan fingerprint density at radius 2 is 2.24 bits per heavy atom. The van der Waals surface area contributed by atoms with Crippen LogP contribution in [0, 0.1) is 0 Å². The molecule has 0 saturated carbocycles. The zero-order valence-electron chi connectivity index (χ0n) is 11.9. The Balaban J connectivity index is 1.62. The van der Waals surface area contributed by atoms with Crippen molar-refractivity contribution in [1.29, 1.82) is 0 Å². The monoisotopic (exact) mass is 286 g/mol. The van der Waals surface area contributed by atoms with Gasteiger partial charge in [-0.25, -0.2) is 15.0 Å². The highest BCUT2D eigenvalue weighted by Crippen LogP contribution is 2.27. The summed E-state index contributed by atoms with van der Waals surface area (Å²) >= 11 is 0. The van der Waals surface area contributed by atoms with Crippen molar-refractivity contribution in [2.45, 2.75) is 25.8 Å². The van der Waals surface area contributed by atoms with Crippen LogP contribution in [0.5, 0.6) is 0 Å². The first-order valence-corrected chi connectivity index (χ1v) is 7.02. The molecule has 2 N–H and O–H groups in total. The van der Waals surface area contributed by atoms with Gasteiger partial charge in [-0.05, 0) is 12.5 Å². The third kappa shape index (κ3) is 3.18.